The van der Waals surface area contributed by atoms with Gasteiger partial charge in [0.2, 0.25) is 10.0 Å². The van der Waals surface area contributed by atoms with Gasteiger partial charge in [-0.05, 0) is 13.0 Å². The number of nitrogens with zero attached hydrogens (tertiary/aromatic N) is 4. The Morgan fingerprint density at radius 3 is 2.78 bits per heavy atom. The van der Waals surface area contributed by atoms with Gasteiger partial charge in [-0.2, -0.15) is 5.10 Å². The van der Waals surface area contributed by atoms with Crippen LogP contribution in [0.1, 0.15) is 6.92 Å². The number of halogens is 2. The van der Waals surface area contributed by atoms with E-state index in [0.29, 0.717) is 12.1 Å². The highest BCUT2D eigenvalue weighted by Gasteiger charge is 2.29. The summed E-state index contributed by atoms with van der Waals surface area (Å²) in [5.41, 5.74) is -0.896. The third-order valence-electron chi connectivity index (χ3n) is 2.77. The van der Waals surface area contributed by atoms with Crippen molar-refractivity contribution in [3.63, 3.8) is 0 Å². The summed E-state index contributed by atoms with van der Waals surface area (Å²) in [7, 11) is -4.28. The monoisotopic (exact) mass is 363 g/mol. The third kappa shape index (κ3) is 4.00. The summed E-state index contributed by atoms with van der Waals surface area (Å²) in [4.78, 5) is 13.0. The van der Waals surface area contributed by atoms with Crippen LogP contribution in [0.4, 0.5) is 10.1 Å². The van der Waals surface area contributed by atoms with Gasteiger partial charge < -0.3 is 0 Å². The number of benzene rings is 1. The average molecular weight is 364 g/mol. The Kier molecular flexibility index (Phi) is 4.92. The fourth-order valence-corrected chi connectivity index (χ4v) is 3.49. The molecule has 0 amide bonds. The smallest absolute Gasteiger partial charge is 0.258 e. The van der Waals surface area contributed by atoms with E-state index >= 15 is 0 Å². The molecule has 0 fully saturated rings. The molecule has 0 saturated heterocycles. The quantitative estimate of drug-likeness (QED) is 0.611. The normalized spacial score (nSPS) is 13.0. The summed E-state index contributed by atoms with van der Waals surface area (Å²) in [5, 5.41) is 14.2. The predicted octanol–water partition coefficient (Wildman–Crippen LogP) is 1.35. The van der Waals surface area contributed by atoms with E-state index in [-0.39, 0.29) is 6.54 Å². The van der Waals surface area contributed by atoms with Crippen LogP contribution in [-0.2, 0) is 16.6 Å². The van der Waals surface area contributed by atoms with Gasteiger partial charge in [-0.15, -0.1) is 0 Å². The van der Waals surface area contributed by atoms with Crippen molar-refractivity contribution in [3.8, 4) is 0 Å². The zero-order valence-electron chi connectivity index (χ0n) is 11.7. The lowest BCUT2D eigenvalue weighted by atomic mass is 10.3. The zero-order valence-corrected chi connectivity index (χ0v) is 13.3. The van der Waals surface area contributed by atoms with E-state index in [1.807, 2.05) is 0 Å². The summed E-state index contributed by atoms with van der Waals surface area (Å²) in [5.74, 6) is -1.08. The van der Waals surface area contributed by atoms with Crippen molar-refractivity contribution in [2.75, 3.05) is 0 Å². The second kappa shape index (κ2) is 6.56. The zero-order chi connectivity index (χ0) is 17.2. The van der Waals surface area contributed by atoms with E-state index in [2.05, 4.69) is 14.8 Å². The molecule has 1 N–H and O–H groups in total. The first kappa shape index (κ1) is 17.2. The van der Waals surface area contributed by atoms with Crippen LogP contribution in [0, 0.1) is 15.9 Å². The number of hydrogen-bond acceptors (Lipinski definition) is 6. The van der Waals surface area contributed by atoms with Gasteiger partial charge in [-0.25, -0.2) is 22.5 Å². The van der Waals surface area contributed by atoms with Gasteiger partial charge >= 0.3 is 0 Å². The lowest BCUT2D eigenvalue weighted by Gasteiger charge is -2.14. The van der Waals surface area contributed by atoms with Gasteiger partial charge in [0.25, 0.3) is 5.69 Å². The second-order valence-electron chi connectivity index (χ2n) is 4.63. The molecule has 1 aromatic heterocycles. The Labute approximate surface area is 135 Å². The lowest BCUT2D eigenvalue weighted by Crippen LogP contribution is -2.36. The highest BCUT2D eigenvalue weighted by molar-refractivity contribution is 7.89. The van der Waals surface area contributed by atoms with Crippen molar-refractivity contribution in [2.24, 2.45) is 0 Å². The molecule has 12 heteroatoms. The van der Waals surface area contributed by atoms with Crippen LogP contribution < -0.4 is 4.72 Å². The van der Waals surface area contributed by atoms with Crippen molar-refractivity contribution < 1.29 is 17.7 Å². The van der Waals surface area contributed by atoms with Crippen LogP contribution in [0.25, 0.3) is 0 Å². The third-order valence-corrected chi connectivity index (χ3v) is 4.68. The molecule has 0 saturated carbocycles. The molecule has 0 spiro atoms. The van der Waals surface area contributed by atoms with Crippen LogP contribution in [0.15, 0.2) is 29.7 Å². The van der Waals surface area contributed by atoms with Gasteiger partial charge in [0.15, 0.2) is 4.90 Å². The van der Waals surface area contributed by atoms with Crippen molar-refractivity contribution in [1.82, 2.24) is 19.5 Å². The summed E-state index contributed by atoms with van der Waals surface area (Å²) < 4.78 is 41.6. The summed E-state index contributed by atoms with van der Waals surface area (Å²) in [6.07, 6.45) is 2.67. The van der Waals surface area contributed by atoms with Crippen molar-refractivity contribution in [2.45, 2.75) is 24.4 Å². The van der Waals surface area contributed by atoms with Gasteiger partial charge in [0, 0.05) is 6.04 Å². The molecule has 0 aliphatic carbocycles. The van der Waals surface area contributed by atoms with Crippen molar-refractivity contribution in [1.29, 1.82) is 0 Å². The number of nitrogens with one attached hydrogen (secondary N) is 1. The predicted molar refractivity (Wildman–Crippen MR) is 77.9 cm³/mol. The summed E-state index contributed by atoms with van der Waals surface area (Å²) in [6.45, 7) is 1.69. The number of hydrogen-bond donors (Lipinski definition) is 1. The molecule has 2 rings (SSSR count). The average Bonchev–Trinajstić information content (AvgIpc) is 2.92. The molecule has 0 aliphatic heterocycles. The number of aromatic nitrogens is 3. The number of nitro groups is 1. The Morgan fingerprint density at radius 2 is 2.22 bits per heavy atom. The van der Waals surface area contributed by atoms with Crippen molar-refractivity contribution in [3.05, 3.63) is 45.7 Å². The topological polar surface area (TPSA) is 120 Å². The molecule has 23 heavy (non-hydrogen) atoms. The minimum absolute atomic E-state index is 0.155. The molecule has 0 radical (unpaired) electrons. The number of rotatable bonds is 6. The molecule has 1 atom stereocenters. The lowest BCUT2D eigenvalue weighted by molar-refractivity contribution is -0.388. The molecule has 1 aromatic carbocycles. The highest BCUT2D eigenvalue weighted by Crippen LogP contribution is 2.29. The molecule has 2 aromatic rings. The van der Waals surface area contributed by atoms with E-state index in [0.717, 1.165) is 0 Å². The Balaban J connectivity index is 2.32. The number of nitro benzene ring substituents is 1. The maximum Gasteiger partial charge on any atom is 0.292 e. The largest absolute Gasteiger partial charge is 0.292 e. The molecule has 9 nitrogen and oxygen atoms in total. The van der Waals surface area contributed by atoms with E-state index < -0.39 is 42.4 Å². The van der Waals surface area contributed by atoms with Gasteiger partial charge in [-0.1, -0.05) is 11.6 Å². The van der Waals surface area contributed by atoms with Gasteiger partial charge in [0.05, 0.1) is 22.6 Å². The van der Waals surface area contributed by atoms with Crippen LogP contribution in [0.2, 0.25) is 5.02 Å². The standard InChI is InChI=1S/C11H11ClFN5O4S/c1-7(4-17-6-14-5-15-17)16-23(21,22)11-2-8(12)9(13)3-10(11)18(19)20/h2-3,5-7,16H,4H2,1H3. The summed E-state index contributed by atoms with van der Waals surface area (Å²) in [6, 6.07) is 0.531. The minimum atomic E-state index is -4.28. The molecule has 124 valence electrons. The van der Waals surface area contributed by atoms with Crippen LogP contribution >= 0.6 is 11.6 Å². The maximum absolute atomic E-state index is 13.4. The first-order valence-electron chi connectivity index (χ1n) is 6.19. The highest BCUT2D eigenvalue weighted by atomic mass is 35.5. The van der Waals surface area contributed by atoms with Gasteiger partial charge in [-0.3, -0.25) is 14.8 Å². The second-order valence-corrected chi connectivity index (χ2v) is 6.72. The minimum Gasteiger partial charge on any atom is -0.258 e. The molecular weight excluding hydrogens is 353 g/mol. The summed E-state index contributed by atoms with van der Waals surface area (Å²) >= 11 is 5.54. The molecule has 0 aliphatic rings. The SMILES string of the molecule is CC(Cn1cncn1)NS(=O)(=O)c1cc(Cl)c(F)cc1[N+](=O)[O-]. The van der Waals surface area contributed by atoms with Crippen molar-refractivity contribution >= 4 is 27.3 Å². The van der Waals surface area contributed by atoms with E-state index in [1.165, 1.54) is 24.3 Å². The fraction of sp³-hybridized carbons (Fsp3) is 0.273. The van der Waals surface area contributed by atoms with E-state index in [4.69, 9.17) is 11.6 Å². The van der Waals surface area contributed by atoms with Crippen LogP contribution in [0.5, 0.6) is 0 Å². The van der Waals surface area contributed by atoms with E-state index in [9.17, 15) is 22.9 Å². The van der Waals surface area contributed by atoms with Crippen LogP contribution in [-0.4, -0.2) is 34.1 Å². The molecular formula is C11H11ClFN5O4S. The Bertz CT molecular complexity index is 827. The first-order valence-corrected chi connectivity index (χ1v) is 8.05. The maximum atomic E-state index is 13.4. The fourth-order valence-electron chi connectivity index (χ4n) is 1.85. The first-order chi connectivity index (χ1) is 10.7. The molecule has 0 bridgehead atoms. The van der Waals surface area contributed by atoms with Gasteiger partial charge in [0.1, 0.15) is 18.5 Å². The van der Waals surface area contributed by atoms with E-state index in [1.54, 1.807) is 0 Å². The molecule has 1 unspecified atom stereocenters. The Morgan fingerprint density at radius 1 is 1.52 bits per heavy atom. The molecule has 1 heterocycles. The van der Waals surface area contributed by atoms with Crippen LogP contribution in [0.3, 0.4) is 0 Å². The number of sulfonamides is 1. The Hall–Kier alpha value is -2.11.